The number of carbonyl (C=O) groups is 3. The Hall–Kier alpha value is -2.62. The van der Waals surface area contributed by atoms with Crippen molar-refractivity contribution in [3.8, 4) is 0 Å². The lowest BCUT2D eigenvalue weighted by Crippen LogP contribution is -2.38. The molecule has 36 heavy (non-hydrogen) atoms. The van der Waals surface area contributed by atoms with Gasteiger partial charge in [-0.15, -0.1) is 23.2 Å². The fourth-order valence-electron chi connectivity index (χ4n) is 3.27. The SMILES string of the molecule is CCN(C(=O)OC(C)(C)C)c1c(F)ccc(NC(=O)c2cc(NC(=O)[C@H]3CC3(Cl)Cl)ccc2Cl)c1F. The van der Waals surface area contributed by atoms with Crippen LogP contribution in [0.3, 0.4) is 0 Å². The minimum absolute atomic E-state index is 0.0210. The van der Waals surface area contributed by atoms with E-state index in [4.69, 9.17) is 39.5 Å². The van der Waals surface area contributed by atoms with Gasteiger partial charge in [0.2, 0.25) is 5.91 Å². The van der Waals surface area contributed by atoms with Gasteiger partial charge in [-0.3, -0.25) is 14.5 Å². The Morgan fingerprint density at radius 3 is 2.33 bits per heavy atom. The van der Waals surface area contributed by atoms with Gasteiger partial charge in [-0.1, -0.05) is 11.6 Å². The lowest BCUT2D eigenvalue weighted by atomic mass is 10.1. The first kappa shape index (κ1) is 28.0. The van der Waals surface area contributed by atoms with Gasteiger partial charge in [0.25, 0.3) is 5.91 Å². The molecule has 2 aromatic rings. The number of benzene rings is 2. The number of nitrogens with zero attached hydrogens (tertiary/aromatic N) is 1. The lowest BCUT2D eigenvalue weighted by Gasteiger charge is -2.27. The van der Waals surface area contributed by atoms with Gasteiger partial charge in [0, 0.05) is 12.2 Å². The molecule has 1 fully saturated rings. The van der Waals surface area contributed by atoms with Crippen molar-refractivity contribution >= 4 is 69.8 Å². The van der Waals surface area contributed by atoms with Crippen molar-refractivity contribution in [2.24, 2.45) is 5.92 Å². The fourth-order valence-corrected chi connectivity index (χ4v) is 3.98. The number of hydrogen-bond donors (Lipinski definition) is 2. The number of amides is 3. The van der Waals surface area contributed by atoms with Crippen LogP contribution in [0.15, 0.2) is 30.3 Å². The Morgan fingerprint density at radius 2 is 1.78 bits per heavy atom. The van der Waals surface area contributed by atoms with Gasteiger partial charge in [-0.2, -0.15) is 0 Å². The average molecular weight is 563 g/mol. The van der Waals surface area contributed by atoms with Gasteiger partial charge in [0.15, 0.2) is 5.82 Å². The molecule has 2 N–H and O–H groups in total. The molecule has 12 heteroatoms. The van der Waals surface area contributed by atoms with Gasteiger partial charge < -0.3 is 15.4 Å². The molecule has 0 spiro atoms. The standard InChI is InChI=1S/C24H24Cl3F2N3O4/c1-5-32(22(35)36-23(2,3)4)19-16(28)8-9-17(18(19)29)31-20(33)13-10-12(6-7-15(13)25)30-21(34)14-11-24(14,26)27/h6-10,14H,5,11H2,1-4H3,(H,30,34)(H,31,33)/t14-/m1/s1. The second-order valence-corrected chi connectivity index (χ2v) is 11.1. The number of rotatable bonds is 6. The van der Waals surface area contributed by atoms with E-state index in [1.54, 1.807) is 20.8 Å². The summed E-state index contributed by atoms with van der Waals surface area (Å²) in [6, 6.07) is 6.08. The van der Waals surface area contributed by atoms with Crippen molar-refractivity contribution in [3.63, 3.8) is 0 Å². The van der Waals surface area contributed by atoms with Crippen molar-refractivity contribution in [1.29, 1.82) is 0 Å². The molecule has 0 radical (unpaired) electrons. The average Bonchev–Trinajstić information content (AvgIpc) is 3.41. The first-order valence-corrected chi connectivity index (χ1v) is 12.1. The van der Waals surface area contributed by atoms with E-state index in [1.807, 2.05) is 0 Å². The zero-order chi connectivity index (χ0) is 27.0. The molecule has 3 rings (SSSR count). The molecular weight excluding hydrogens is 539 g/mol. The lowest BCUT2D eigenvalue weighted by molar-refractivity contribution is -0.117. The molecule has 7 nitrogen and oxygen atoms in total. The van der Waals surface area contributed by atoms with E-state index < -0.39 is 56.8 Å². The second-order valence-electron chi connectivity index (χ2n) is 9.14. The van der Waals surface area contributed by atoms with Gasteiger partial charge in [0.1, 0.15) is 21.4 Å². The molecule has 2 aromatic carbocycles. The number of hydrogen-bond acceptors (Lipinski definition) is 4. The molecule has 0 unspecified atom stereocenters. The number of alkyl halides is 2. The largest absolute Gasteiger partial charge is 0.443 e. The van der Waals surface area contributed by atoms with Crippen LogP contribution in [-0.4, -0.2) is 34.4 Å². The summed E-state index contributed by atoms with van der Waals surface area (Å²) in [6.45, 7) is 6.28. The Bertz CT molecular complexity index is 1220. The van der Waals surface area contributed by atoms with E-state index in [2.05, 4.69) is 10.6 Å². The summed E-state index contributed by atoms with van der Waals surface area (Å²) in [4.78, 5) is 38.5. The van der Waals surface area contributed by atoms with Gasteiger partial charge in [0.05, 0.1) is 22.2 Å². The molecule has 1 saturated carbocycles. The molecule has 0 aromatic heterocycles. The van der Waals surface area contributed by atoms with Crippen molar-refractivity contribution in [1.82, 2.24) is 0 Å². The van der Waals surface area contributed by atoms with E-state index in [9.17, 15) is 18.8 Å². The maximum atomic E-state index is 15.3. The van der Waals surface area contributed by atoms with E-state index >= 15 is 4.39 Å². The number of halogens is 5. The molecule has 0 heterocycles. The van der Waals surface area contributed by atoms with Crippen LogP contribution >= 0.6 is 34.8 Å². The third-order valence-electron chi connectivity index (χ3n) is 5.14. The summed E-state index contributed by atoms with van der Waals surface area (Å²) in [5.41, 5.74) is -1.80. The minimum atomic E-state index is -1.18. The topological polar surface area (TPSA) is 87.7 Å². The van der Waals surface area contributed by atoms with E-state index in [0.717, 1.165) is 17.0 Å². The normalized spacial score (nSPS) is 16.2. The van der Waals surface area contributed by atoms with Gasteiger partial charge in [-0.05, 0) is 64.4 Å². The maximum Gasteiger partial charge on any atom is 0.414 e. The highest BCUT2D eigenvalue weighted by molar-refractivity contribution is 6.52. The summed E-state index contributed by atoms with van der Waals surface area (Å²) in [6.07, 6.45) is -0.654. The summed E-state index contributed by atoms with van der Waals surface area (Å²) >= 11 is 18.0. The fraction of sp³-hybridized carbons (Fsp3) is 0.375. The van der Waals surface area contributed by atoms with Crippen LogP contribution in [0.1, 0.15) is 44.5 Å². The predicted molar refractivity (Wildman–Crippen MR) is 136 cm³/mol. The molecule has 0 aliphatic heterocycles. The zero-order valence-electron chi connectivity index (χ0n) is 19.8. The smallest absolute Gasteiger partial charge is 0.414 e. The van der Waals surface area contributed by atoms with E-state index in [-0.39, 0.29) is 22.8 Å². The monoisotopic (exact) mass is 561 g/mol. The van der Waals surface area contributed by atoms with Gasteiger partial charge >= 0.3 is 6.09 Å². The molecule has 0 bridgehead atoms. The highest BCUT2D eigenvalue weighted by atomic mass is 35.5. The Labute approximate surface area is 222 Å². The van der Waals surface area contributed by atoms with Crippen molar-refractivity contribution in [2.45, 2.75) is 44.1 Å². The molecule has 0 saturated heterocycles. The molecule has 1 aliphatic carbocycles. The predicted octanol–water partition coefficient (Wildman–Crippen LogP) is 6.76. The number of nitrogens with one attached hydrogen (secondary N) is 2. The highest BCUT2D eigenvalue weighted by Crippen LogP contribution is 2.53. The van der Waals surface area contributed by atoms with Crippen LogP contribution in [0, 0.1) is 17.6 Å². The van der Waals surface area contributed by atoms with Crippen LogP contribution in [0.4, 0.5) is 30.6 Å². The van der Waals surface area contributed by atoms with Gasteiger partial charge in [-0.25, -0.2) is 13.6 Å². The zero-order valence-corrected chi connectivity index (χ0v) is 22.1. The summed E-state index contributed by atoms with van der Waals surface area (Å²) < 4.78 is 34.1. The Morgan fingerprint density at radius 1 is 1.14 bits per heavy atom. The quantitative estimate of drug-likeness (QED) is 0.381. The van der Waals surface area contributed by atoms with E-state index in [1.165, 1.54) is 25.1 Å². The number of ether oxygens (including phenoxy) is 1. The van der Waals surface area contributed by atoms with Crippen molar-refractivity contribution in [2.75, 3.05) is 22.1 Å². The Balaban J connectivity index is 1.85. The first-order valence-electron chi connectivity index (χ1n) is 10.9. The summed E-state index contributed by atoms with van der Waals surface area (Å²) in [5, 5.41) is 4.95. The van der Waals surface area contributed by atoms with Crippen LogP contribution in [0.5, 0.6) is 0 Å². The third kappa shape index (κ3) is 6.38. The van der Waals surface area contributed by atoms with Crippen LogP contribution in [-0.2, 0) is 9.53 Å². The molecule has 194 valence electrons. The molecule has 1 aliphatic rings. The van der Waals surface area contributed by atoms with E-state index in [0.29, 0.717) is 6.42 Å². The highest BCUT2D eigenvalue weighted by Gasteiger charge is 2.56. The third-order valence-corrected chi connectivity index (χ3v) is 6.30. The molecular formula is C24H24Cl3F2N3O4. The molecule has 1 atom stereocenters. The van der Waals surface area contributed by atoms with Crippen molar-refractivity contribution < 1.29 is 27.9 Å². The maximum absolute atomic E-state index is 15.3. The van der Waals surface area contributed by atoms with Crippen LogP contribution in [0.25, 0.3) is 0 Å². The van der Waals surface area contributed by atoms with Crippen molar-refractivity contribution in [3.05, 3.63) is 52.6 Å². The number of anilines is 3. The summed E-state index contributed by atoms with van der Waals surface area (Å²) in [7, 11) is 0. The summed E-state index contributed by atoms with van der Waals surface area (Å²) in [5.74, 6) is -4.04. The van der Waals surface area contributed by atoms with Crippen LogP contribution < -0.4 is 15.5 Å². The first-order chi connectivity index (χ1) is 16.6. The Kier molecular flexibility index (Phi) is 8.07. The number of carbonyl (C=O) groups excluding carboxylic acids is 3. The van der Waals surface area contributed by atoms with Crippen LogP contribution in [0.2, 0.25) is 5.02 Å². The second kappa shape index (κ2) is 10.4. The molecule has 3 amide bonds. The minimum Gasteiger partial charge on any atom is -0.443 e.